The summed E-state index contributed by atoms with van der Waals surface area (Å²) < 4.78 is 54.6. The Kier molecular flexibility index (Phi) is 4.99. The van der Waals surface area contributed by atoms with Crippen molar-refractivity contribution >= 4 is 5.91 Å². The zero-order chi connectivity index (χ0) is 18.9. The van der Waals surface area contributed by atoms with Crippen LogP contribution in [0, 0.1) is 5.82 Å². The van der Waals surface area contributed by atoms with Gasteiger partial charge in [0.25, 0.3) is 5.91 Å². The second-order valence-corrected chi connectivity index (χ2v) is 6.02. The number of rotatable bonds is 3. The zero-order valence-corrected chi connectivity index (χ0v) is 14.1. The molecule has 140 valence electrons. The van der Waals surface area contributed by atoms with Gasteiger partial charge in [-0.15, -0.1) is 0 Å². The fourth-order valence-corrected chi connectivity index (χ4v) is 2.99. The van der Waals surface area contributed by atoms with Crippen molar-refractivity contribution in [1.29, 1.82) is 0 Å². The molecule has 1 amide bonds. The molecule has 0 saturated carbocycles. The largest absolute Gasteiger partial charge is 0.434 e. The average Bonchev–Trinajstić information content (AvgIpc) is 3.07. The minimum Gasteiger partial charge on any atom is -0.336 e. The fourth-order valence-electron chi connectivity index (χ4n) is 2.99. The molecule has 0 unspecified atom stereocenters. The van der Waals surface area contributed by atoms with E-state index in [4.69, 9.17) is 0 Å². The maximum atomic E-state index is 13.6. The summed E-state index contributed by atoms with van der Waals surface area (Å²) in [4.78, 5) is 16.2. The van der Waals surface area contributed by atoms with E-state index in [-0.39, 0.29) is 5.69 Å². The minimum absolute atomic E-state index is 0.0357. The maximum absolute atomic E-state index is 13.6. The van der Waals surface area contributed by atoms with Crippen LogP contribution < -0.4 is 0 Å². The Hall–Kier alpha value is -2.42. The summed E-state index contributed by atoms with van der Waals surface area (Å²) in [6, 6.07) is 4.46. The number of halogens is 4. The van der Waals surface area contributed by atoms with Crippen molar-refractivity contribution in [1.82, 2.24) is 19.6 Å². The Morgan fingerprint density at radius 1 is 1.12 bits per heavy atom. The van der Waals surface area contributed by atoms with Gasteiger partial charge >= 0.3 is 6.18 Å². The number of piperazine rings is 1. The van der Waals surface area contributed by atoms with Crippen LogP contribution in [0.1, 0.15) is 23.0 Å². The lowest BCUT2D eigenvalue weighted by Gasteiger charge is -2.34. The Bertz CT molecular complexity index is 777. The molecule has 0 N–H and O–H groups in total. The van der Waals surface area contributed by atoms with Gasteiger partial charge in [-0.25, -0.2) is 9.07 Å². The van der Waals surface area contributed by atoms with Gasteiger partial charge < -0.3 is 9.80 Å². The minimum atomic E-state index is -4.78. The summed E-state index contributed by atoms with van der Waals surface area (Å²) in [7, 11) is 0. The van der Waals surface area contributed by atoms with Crippen LogP contribution in [0.2, 0.25) is 0 Å². The topological polar surface area (TPSA) is 41.4 Å². The van der Waals surface area contributed by atoms with Crippen molar-refractivity contribution in [2.45, 2.75) is 13.1 Å². The van der Waals surface area contributed by atoms with Gasteiger partial charge in [-0.2, -0.15) is 18.3 Å². The van der Waals surface area contributed by atoms with Crippen molar-refractivity contribution in [3.8, 4) is 5.69 Å². The number of carbonyl (C=O) groups is 1. The van der Waals surface area contributed by atoms with E-state index in [0.29, 0.717) is 30.9 Å². The molecular formula is C17H18F4N4O. The molecule has 0 bridgehead atoms. The first-order valence-electron chi connectivity index (χ1n) is 8.24. The van der Waals surface area contributed by atoms with E-state index in [9.17, 15) is 22.4 Å². The number of aromatic nitrogens is 2. The second kappa shape index (κ2) is 7.06. The van der Waals surface area contributed by atoms with Gasteiger partial charge in [0, 0.05) is 26.2 Å². The van der Waals surface area contributed by atoms with Gasteiger partial charge in [0.15, 0.2) is 5.69 Å². The lowest BCUT2D eigenvalue weighted by Crippen LogP contribution is -2.48. The van der Waals surface area contributed by atoms with Gasteiger partial charge in [0.1, 0.15) is 5.82 Å². The number of hydrogen-bond acceptors (Lipinski definition) is 3. The number of nitrogens with zero attached hydrogens (tertiary/aromatic N) is 4. The maximum Gasteiger partial charge on any atom is 0.434 e. The molecule has 1 aliphatic rings. The third-order valence-electron chi connectivity index (χ3n) is 4.45. The number of carbonyl (C=O) groups excluding carboxylic acids is 1. The number of amides is 1. The highest BCUT2D eigenvalue weighted by atomic mass is 19.4. The van der Waals surface area contributed by atoms with E-state index in [0.717, 1.165) is 24.9 Å². The summed E-state index contributed by atoms with van der Waals surface area (Å²) in [6.07, 6.45) is -3.85. The van der Waals surface area contributed by atoms with Crippen molar-refractivity contribution in [2.24, 2.45) is 0 Å². The first-order chi connectivity index (χ1) is 12.3. The summed E-state index contributed by atoms with van der Waals surface area (Å²) in [5.74, 6) is -1.26. The highest BCUT2D eigenvalue weighted by Crippen LogP contribution is 2.34. The quantitative estimate of drug-likeness (QED) is 0.781. The number of benzene rings is 1. The molecule has 1 aliphatic heterocycles. The van der Waals surface area contributed by atoms with Crippen LogP contribution in [0.3, 0.4) is 0 Å². The van der Waals surface area contributed by atoms with Crippen LogP contribution in [0.15, 0.2) is 30.5 Å². The Balaban J connectivity index is 1.95. The molecular weight excluding hydrogens is 352 g/mol. The van der Waals surface area contributed by atoms with E-state index in [1.807, 2.05) is 6.92 Å². The van der Waals surface area contributed by atoms with E-state index in [1.165, 1.54) is 17.0 Å². The Morgan fingerprint density at radius 2 is 1.73 bits per heavy atom. The molecule has 1 aromatic heterocycles. The molecule has 0 aliphatic carbocycles. The van der Waals surface area contributed by atoms with E-state index < -0.39 is 29.2 Å². The molecule has 2 heterocycles. The summed E-state index contributed by atoms with van der Waals surface area (Å²) in [6.45, 7) is 4.80. The lowest BCUT2D eigenvalue weighted by molar-refractivity contribution is -0.143. The molecule has 1 saturated heterocycles. The standard InChI is InChI=1S/C17H18F4N4O/c1-2-23-7-9-24(10-8-23)16(26)14-11-22-25(15(14)17(19,20)21)13-5-3-12(18)4-6-13/h3-6,11H,2,7-10H2,1H3. The first kappa shape index (κ1) is 18.4. The van der Waals surface area contributed by atoms with Gasteiger partial charge in [-0.05, 0) is 30.8 Å². The fraction of sp³-hybridized carbons (Fsp3) is 0.412. The van der Waals surface area contributed by atoms with Crippen molar-refractivity contribution < 1.29 is 22.4 Å². The average molecular weight is 370 g/mol. The molecule has 0 spiro atoms. The smallest absolute Gasteiger partial charge is 0.336 e. The molecule has 0 radical (unpaired) electrons. The van der Waals surface area contributed by atoms with Gasteiger partial charge in [0.2, 0.25) is 0 Å². The van der Waals surface area contributed by atoms with Crippen molar-refractivity contribution in [3.05, 3.63) is 47.5 Å². The summed E-state index contributed by atoms with van der Waals surface area (Å²) in [5.41, 5.74) is -1.60. The zero-order valence-electron chi connectivity index (χ0n) is 14.1. The highest BCUT2D eigenvalue weighted by Gasteiger charge is 2.41. The van der Waals surface area contributed by atoms with Crippen molar-refractivity contribution in [3.63, 3.8) is 0 Å². The normalized spacial score (nSPS) is 16.1. The van der Waals surface area contributed by atoms with Gasteiger partial charge in [0.05, 0.1) is 17.4 Å². The van der Waals surface area contributed by atoms with Crippen LogP contribution in [0.25, 0.3) is 5.69 Å². The molecule has 5 nitrogen and oxygen atoms in total. The highest BCUT2D eigenvalue weighted by molar-refractivity contribution is 5.95. The number of hydrogen-bond donors (Lipinski definition) is 0. The van der Waals surface area contributed by atoms with Gasteiger partial charge in [-0.3, -0.25) is 4.79 Å². The molecule has 0 atom stereocenters. The molecule has 2 aromatic rings. The predicted octanol–water partition coefficient (Wildman–Crippen LogP) is 2.81. The van der Waals surface area contributed by atoms with Gasteiger partial charge in [-0.1, -0.05) is 6.92 Å². The first-order valence-corrected chi connectivity index (χ1v) is 8.24. The van der Waals surface area contributed by atoms with E-state index >= 15 is 0 Å². The predicted molar refractivity (Wildman–Crippen MR) is 86.5 cm³/mol. The Labute approximate surface area is 147 Å². The van der Waals surface area contributed by atoms with Crippen LogP contribution >= 0.6 is 0 Å². The number of alkyl halides is 3. The summed E-state index contributed by atoms with van der Waals surface area (Å²) >= 11 is 0. The number of likely N-dealkylation sites (N-methyl/N-ethyl adjacent to an activating group) is 1. The molecule has 26 heavy (non-hydrogen) atoms. The monoisotopic (exact) mass is 370 g/mol. The van der Waals surface area contributed by atoms with Crippen LogP contribution in [0.4, 0.5) is 17.6 Å². The molecule has 3 rings (SSSR count). The summed E-state index contributed by atoms with van der Waals surface area (Å²) in [5, 5.41) is 3.75. The van der Waals surface area contributed by atoms with Crippen molar-refractivity contribution in [2.75, 3.05) is 32.7 Å². The Morgan fingerprint density at radius 3 is 2.27 bits per heavy atom. The third-order valence-corrected chi connectivity index (χ3v) is 4.45. The second-order valence-electron chi connectivity index (χ2n) is 6.02. The molecule has 9 heteroatoms. The van der Waals surface area contributed by atoms with Crippen LogP contribution in [0.5, 0.6) is 0 Å². The van der Waals surface area contributed by atoms with Crippen LogP contribution in [-0.2, 0) is 6.18 Å². The lowest BCUT2D eigenvalue weighted by atomic mass is 10.2. The SMILES string of the molecule is CCN1CCN(C(=O)c2cnn(-c3ccc(F)cc3)c2C(F)(F)F)CC1. The van der Waals surface area contributed by atoms with E-state index in [1.54, 1.807) is 0 Å². The third kappa shape index (κ3) is 3.57. The molecule has 1 fully saturated rings. The van der Waals surface area contributed by atoms with Crippen LogP contribution in [-0.4, -0.2) is 58.2 Å². The molecule has 1 aromatic carbocycles. The van der Waals surface area contributed by atoms with E-state index in [2.05, 4.69) is 10.00 Å².